The normalized spacial score (nSPS) is 11.1. The van der Waals surface area contributed by atoms with E-state index in [9.17, 15) is 9.18 Å². The zero-order valence-corrected chi connectivity index (χ0v) is 19.6. The molecule has 1 N–H and O–H groups in total. The minimum absolute atomic E-state index is 0.261. The number of fused-ring (bicyclic) bond motifs is 1. The van der Waals surface area contributed by atoms with Gasteiger partial charge in [-0.05, 0) is 74.4 Å². The molecular weight excluding hydrogens is 449 g/mol. The van der Waals surface area contributed by atoms with Crippen LogP contribution in [0.3, 0.4) is 0 Å². The Morgan fingerprint density at radius 1 is 0.971 bits per heavy atom. The maximum Gasteiger partial charge on any atom is 0.412 e. The molecule has 1 amide bonds. The minimum Gasteiger partial charge on any atom is -0.453 e. The van der Waals surface area contributed by atoms with Crippen LogP contribution in [0.15, 0.2) is 55.0 Å². The number of aromatic nitrogens is 6. The zero-order chi connectivity index (χ0) is 24.7. The number of nitrogens with one attached hydrogen (secondary N) is 1. The molecule has 10 heteroatoms. The summed E-state index contributed by atoms with van der Waals surface area (Å²) < 4.78 is 22.3. The van der Waals surface area contributed by atoms with Crippen molar-refractivity contribution >= 4 is 22.9 Å². The number of hydrogen-bond donors (Lipinski definition) is 1. The first-order chi connectivity index (χ1) is 16.9. The van der Waals surface area contributed by atoms with Gasteiger partial charge in [0.15, 0.2) is 5.82 Å². The highest BCUT2D eigenvalue weighted by atomic mass is 19.1. The van der Waals surface area contributed by atoms with E-state index < -0.39 is 6.09 Å². The van der Waals surface area contributed by atoms with E-state index in [4.69, 9.17) is 0 Å². The van der Waals surface area contributed by atoms with E-state index in [2.05, 4.69) is 30.2 Å². The lowest BCUT2D eigenvalue weighted by Crippen LogP contribution is -2.12. The van der Waals surface area contributed by atoms with E-state index in [-0.39, 0.29) is 5.82 Å². The van der Waals surface area contributed by atoms with Crippen molar-refractivity contribution in [2.75, 3.05) is 12.4 Å². The number of hydrogen-bond acceptors (Lipinski definition) is 6. The van der Waals surface area contributed by atoms with E-state index in [1.807, 2.05) is 41.2 Å². The Morgan fingerprint density at radius 2 is 1.77 bits per heavy atom. The molecule has 0 saturated heterocycles. The van der Waals surface area contributed by atoms with Crippen molar-refractivity contribution in [2.24, 2.45) is 0 Å². The third kappa shape index (κ3) is 3.99. The molecule has 0 aliphatic heterocycles. The summed E-state index contributed by atoms with van der Waals surface area (Å²) in [7, 11) is 1.29. The molecule has 0 bridgehead atoms. The standard InChI is InChI=1S/C25H22FN7O2/c1-14-10-18(5-7-20(14)26)33-16(3)30-31-24(33)17-9-15(2)23-21(11-17)32(13-28-23)19-6-8-22(27-12-19)29-25(34)35-4/h5-13H,1-4H3,(H,27,29,34). The lowest BCUT2D eigenvalue weighted by Gasteiger charge is -2.12. The smallest absolute Gasteiger partial charge is 0.412 e. The number of carbonyl (C=O) groups excluding carboxylic acids is 1. The van der Waals surface area contributed by atoms with Crippen molar-refractivity contribution in [1.29, 1.82) is 0 Å². The first-order valence-electron chi connectivity index (χ1n) is 10.8. The fraction of sp³-hybridized carbons (Fsp3) is 0.160. The number of imidazole rings is 1. The molecule has 3 aromatic heterocycles. The second-order valence-electron chi connectivity index (χ2n) is 8.13. The fourth-order valence-electron chi connectivity index (χ4n) is 4.01. The molecular formula is C25H22FN7O2. The Labute approximate surface area is 200 Å². The first-order valence-corrected chi connectivity index (χ1v) is 10.8. The van der Waals surface area contributed by atoms with Gasteiger partial charge in [-0.3, -0.25) is 14.5 Å². The van der Waals surface area contributed by atoms with Crippen LogP contribution in [-0.4, -0.2) is 42.5 Å². The van der Waals surface area contributed by atoms with Gasteiger partial charge < -0.3 is 4.74 Å². The Hall–Kier alpha value is -4.60. The van der Waals surface area contributed by atoms with Crippen molar-refractivity contribution in [3.63, 3.8) is 0 Å². The van der Waals surface area contributed by atoms with Crippen molar-refractivity contribution in [3.8, 4) is 22.8 Å². The van der Waals surface area contributed by atoms with Crippen LogP contribution in [0.1, 0.15) is 17.0 Å². The van der Waals surface area contributed by atoms with Crippen LogP contribution in [0.5, 0.6) is 0 Å². The highest BCUT2D eigenvalue weighted by Gasteiger charge is 2.17. The number of amides is 1. The highest BCUT2D eigenvalue weighted by Crippen LogP contribution is 2.30. The van der Waals surface area contributed by atoms with Crippen LogP contribution in [0.4, 0.5) is 15.0 Å². The summed E-state index contributed by atoms with van der Waals surface area (Å²) in [6.45, 7) is 5.58. The van der Waals surface area contributed by atoms with Gasteiger partial charge in [0, 0.05) is 11.3 Å². The second-order valence-corrected chi connectivity index (χ2v) is 8.13. The van der Waals surface area contributed by atoms with E-state index >= 15 is 0 Å². The van der Waals surface area contributed by atoms with Crippen molar-refractivity contribution in [1.82, 2.24) is 29.3 Å². The van der Waals surface area contributed by atoms with E-state index in [1.165, 1.54) is 13.2 Å². The largest absolute Gasteiger partial charge is 0.453 e. The van der Waals surface area contributed by atoms with Crippen LogP contribution in [0.25, 0.3) is 33.8 Å². The average Bonchev–Trinajstić information content (AvgIpc) is 3.45. The summed E-state index contributed by atoms with van der Waals surface area (Å²) in [5.41, 5.74) is 5.61. The topological polar surface area (TPSA) is 99.7 Å². The Morgan fingerprint density at radius 3 is 2.49 bits per heavy atom. The van der Waals surface area contributed by atoms with Crippen LogP contribution in [0, 0.1) is 26.6 Å². The first kappa shape index (κ1) is 22.2. The van der Waals surface area contributed by atoms with Gasteiger partial charge in [-0.15, -0.1) is 10.2 Å². The van der Waals surface area contributed by atoms with Gasteiger partial charge in [0.1, 0.15) is 23.8 Å². The molecule has 0 spiro atoms. The highest BCUT2D eigenvalue weighted by molar-refractivity contribution is 5.86. The number of ether oxygens (including phenoxy) is 1. The van der Waals surface area contributed by atoms with Gasteiger partial charge in [-0.25, -0.2) is 19.2 Å². The van der Waals surface area contributed by atoms with Gasteiger partial charge in [0.25, 0.3) is 0 Å². The molecule has 0 saturated carbocycles. The quantitative estimate of drug-likeness (QED) is 0.400. The molecule has 5 rings (SSSR count). The van der Waals surface area contributed by atoms with E-state index in [0.29, 0.717) is 23.0 Å². The zero-order valence-electron chi connectivity index (χ0n) is 19.6. The summed E-state index contributed by atoms with van der Waals surface area (Å²) >= 11 is 0. The van der Waals surface area contributed by atoms with Gasteiger partial charge in [-0.2, -0.15) is 0 Å². The number of halogens is 1. The molecule has 0 unspecified atom stereocenters. The Kier molecular flexibility index (Phi) is 5.48. The number of carbonyl (C=O) groups is 1. The maximum absolute atomic E-state index is 13.9. The molecule has 0 aliphatic carbocycles. The van der Waals surface area contributed by atoms with Gasteiger partial charge in [0.05, 0.1) is 30.0 Å². The summed E-state index contributed by atoms with van der Waals surface area (Å²) in [6, 6.07) is 12.5. The minimum atomic E-state index is -0.589. The molecule has 0 atom stereocenters. The van der Waals surface area contributed by atoms with Gasteiger partial charge in [-0.1, -0.05) is 0 Å². The van der Waals surface area contributed by atoms with Crippen LogP contribution >= 0.6 is 0 Å². The number of pyridine rings is 1. The number of aryl methyl sites for hydroxylation is 3. The Bertz CT molecular complexity index is 1570. The number of benzene rings is 2. The summed E-state index contributed by atoms with van der Waals surface area (Å²) in [6.07, 6.45) is 2.78. The molecule has 5 aromatic rings. The van der Waals surface area contributed by atoms with Crippen molar-refractivity contribution in [3.05, 3.63) is 77.8 Å². The number of methoxy groups -OCH3 is 1. The van der Waals surface area contributed by atoms with E-state index in [0.717, 1.165) is 33.5 Å². The third-order valence-corrected chi connectivity index (χ3v) is 5.77. The van der Waals surface area contributed by atoms with Crippen molar-refractivity contribution < 1.29 is 13.9 Å². The molecule has 176 valence electrons. The molecule has 9 nitrogen and oxygen atoms in total. The van der Waals surface area contributed by atoms with Crippen molar-refractivity contribution in [2.45, 2.75) is 20.8 Å². The Balaban J connectivity index is 1.60. The maximum atomic E-state index is 13.9. The predicted molar refractivity (Wildman–Crippen MR) is 129 cm³/mol. The van der Waals surface area contributed by atoms with Gasteiger partial charge >= 0.3 is 6.09 Å². The SMILES string of the molecule is COC(=O)Nc1ccc(-n2cnc3c(C)cc(-c4nnc(C)n4-c4ccc(F)c(C)c4)cc32)cn1. The number of nitrogens with zero attached hydrogens (tertiary/aromatic N) is 6. The lowest BCUT2D eigenvalue weighted by molar-refractivity contribution is 0.187. The monoisotopic (exact) mass is 471 g/mol. The number of anilines is 1. The van der Waals surface area contributed by atoms with Crippen LogP contribution in [-0.2, 0) is 4.74 Å². The molecule has 0 aliphatic rings. The predicted octanol–water partition coefficient (Wildman–Crippen LogP) is 4.91. The summed E-state index contributed by atoms with van der Waals surface area (Å²) in [5, 5.41) is 11.2. The van der Waals surface area contributed by atoms with Gasteiger partial charge in [0.2, 0.25) is 0 Å². The summed E-state index contributed by atoms with van der Waals surface area (Å²) in [4.78, 5) is 20.3. The molecule has 0 radical (unpaired) electrons. The number of rotatable bonds is 4. The molecule has 2 aromatic carbocycles. The van der Waals surface area contributed by atoms with Crippen LogP contribution < -0.4 is 5.32 Å². The van der Waals surface area contributed by atoms with E-state index in [1.54, 1.807) is 37.6 Å². The third-order valence-electron chi connectivity index (χ3n) is 5.77. The fourth-order valence-corrected chi connectivity index (χ4v) is 4.01. The average molecular weight is 471 g/mol. The molecule has 0 fully saturated rings. The molecule has 35 heavy (non-hydrogen) atoms. The second kappa shape index (κ2) is 8.64. The molecule has 3 heterocycles. The lowest BCUT2D eigenvalue weighted by atomic mass is 10.1. The summed E-state index contributed by atoms with van der Waals surface area (Å²) in [5.74, 6) is 1.45. The van der Waals surface area contributed by atoms with Crippen LogP contribution in [0.2, 0.25) is 0 Å².